The molecule has 0 aliphatic rings. The highest BCUT2D eigenvalue weighted by atomic mass is 32.2. The molecule has 0 radical (unpaired) electrons. The third-order valence-electron chi connectivity index (χ3n) is 4.42. The second-order valence-electron chi connectivity index (χ2n) is 7.01. The first-order valence-electron chi connectivity index (χ1n) is 9.96. The fraction of sp³-hybridized carbons (Fsp3) is 0.524. The number of methoxy groups -OCH3 is 2. The zero-order valence-electron chi connectivity index (χ0n) is 18.6. The van der Waals surface area contributed by atoms with Crippen LogP contribution in [-0.4, -0.2) is 46.0 Å². The summed E-state index contributed by atoms with van der Waals surface area (Å²) in [6, 6.07) is 1.96. The molecule has 1 rings (SSSR count). The topological polar surface area (TPSA) is 105 Å². The fourth-order valence-corrected chi connectivity index (χ4v) is 3.20. The first kappa shape index (κ1) is 28.3. The Hall–Kier alpha value is -2.76. The minimum atomic E-state index is -6.08. The van der Waals surface area contributed by atoms with Gasteiger partial charge in [-0.15, -0.1) is 6.58 Å². The van der Waals surface area contributed by atoms with Crippen LogP contribution in [0.1, 0.15) is 55.8 Å². The maximum absolute atomic E-state index is 12.8. The summed E-state index contributed by atoms with van der Waals surface area (Å²) in [6.45, 7) is 5.11. The summed E-state index contributed by atoms with van der Waals surface area (Å²) in [5, 5.41) is 0. The molecule has 12 heteroatoms. The predicted molar refractivity (Wildman–Crippen MR) is 113 cm³/mol. The lowest BCUT2D eigenvalue weighted by Gasteiger charge is -2.18. The molecule has 8 nitrogen and oxygen atoms in total. The van der Waals surface area contributed by atoms with Crippen LogP contribution >= 0.6 is 0 Å². The summed E-state index contributed by atoms with van der Waals surface area (Å²) < 4.78 is 80.7. The second-order valence-corrected chi connectivity index (χ2v) is 8.55. The van der Waals surface area contributed by atoms with E-state index in [0.29, 0.717) is 25.7 Å². The highest BCUT2D eigenvalue weighted by Crippen LogP contribution is 2.38. The van der Waals surface area contributed by atoms with Gasteiger partial charge in [0, 0.05) is 25.0 Å². The van der Waals surface area contributed by atoms with E-state index in [1.54, 1.807) is 6.08 Å². The number of rotatable bonds is 14. The van der Waals surface area contributed by atoms with Gasteiger partial charge in [0.25, 0.3) is 0 Å². The van der Waals surface area contributed by atoms with Gasteiger partial charge >= 0.3 is 21.6 Å². The molecular formula is C21H27F3O8S. The SMILES string of the molecule is C=CCCCC(=O)CCCC(C)OC(=O)c1c(OC)cc(OC)cc1OS(=O)(=O)C(F)(F)F. The standard InChI is InChI=1S/C21H27F3O8S/c1-5-6-7-10-15(25)11-8-9-14(2)31-20(26)19-17(30-4)12-16(29-3)13-18(19)32-33(27,28)21(22,23)24/h5,12-14H,1,6-11H2,2-4H3. The van der Waals surface area contributed by atoms with Crippen molar-refractivity contribution < 1.29 is 49.6 Å². The van der Waals surface area contributed by atoms with Crippen molar-refractivity contribution in [2.75, 3.05) is 14.2 Å². The number of ketones is 1. The monoisotopic (exact) mass is 496 g/mol. The largest absolute Gasteiger partial charge is 0.534 e. The molecule has 0 spiro atoms. The molecule has 0 heterocycles. The number of allylic oxidation sites excluding steroid dienone is 1. The molecule has 0 aromatic heterocycles. The molecule has 1 aromatic rings. The molecule has 0 saturated heterocycles. The Kier molecular flexibility index (Phi) is 10.7. The number of unbranched alkanes of at least 4 members (excludes halogenated alkanes) is 1. The predicted octanol–water partition coefficient (Wildman–Crippen LogP) is 4.57. The van der Waals surface area contributed by atoms with Crippen molar-refractivity contribution in [1.82, 2.24) is 0 Å². The smallest absolute Gasteiger partial charge is 0.496 e. The van der Waals surface area contributed by atoms with Crippen LogP contribution in [0, 0.1) is 0 Å². The van der Waals surface area contributed by atoms with Crippen LogP contribution in [-0.2, 0) is 19.6 Å². The summed E-state index contributed by atoms with van der Waals surface area (Å²) in [4.78, 5) is 24.5. The van der Waals surface area contributed by atoms with Crippen molar-refractivity contribution in [3.8, 4) is 17.2 Å². The molecule has 1 aromatic carbocycles. The molecule has 33 heavy (non-hydrogen) atoms. The highest BCUT2D eigenvalue weighted by Gasteiger charge is 2.49. The van der Waals surface area contributed by atoms with Gasteiger partial charge in [0.15, 0.2) is 5.75 Å². The van der Waals surface area contributed by atoms with Crippen molar-refractivity contribution >= 4 is 21.9 Å². The van der Waals surface area contributed by atoms with Gasteiger partial charge in [-0.3, -0.25) is 4.79 Å². The first-order chi connectivity index (χ1) is 15.4. The zero-order valence-corrected chi connectivity index (χ0v) is 19.4. The van der Waals surface area contributed by atoms with Gasteiger partial charge in [0.2, 0.25) is 0 Å². The number of esters is 1. The fourth-order valence-electron chi connectivity index (χ4n) is 2.73. The summed E-state index contributed by atoms with van der Waals surface area (Å²) in [5.41, 5.74) is -6.38. The average molecular weight is 497 g/mol. The van der Waals surface area contributed by atoms with Gasteiger partial charge in [-0.05, 0) is 32.6 Å². The lowest BCUT2D eigenvalue weighted by molar-refractivity contribution is -0.119. The minimum Gasteiger partial charge on any atom is -0.496 e. The molecule has 0 fully saturated rings. The Morgan fingerprint density at radius 3 is 2.24 bits per heavy atom. The second kappa shape index (κ2) is 12.5. The molecular weight excluding hydrogens is 469 g/mol. The van der Waals surface area contributed by atoms with Crippen molar-refractivity contribution in [3.05, 3.63) is 30.4 Å². The Labute approximate surface area is 190 Å². The van der Waals surface area contributed by atoms with E-state index in [9.17, 15) is 31.2 Å². The first-order valence-corrected chi connectivity index (χ1v) is 11.4. The normalized spacial score (nSPS) is 12.5. The van der Waals surface area contributed by atoms with Crippen LogP contribution in [0.4, 0.5) is 13.2 Å². The van der Waals surface area contributed by atoms with Crippen LogP contribution in [0.3, 0.4) is 0 Å². The number of halogens is 3. The van der Waals surface area contributed by atoms with Crippen molar-refractivity contribution in [2.45, 2.75) is 57.1 Å². The van der Waals surface area contributed by atoms with Crippen molar-refractivity contribution in [1.29, 1.82) is 0 Å². The molecule has 0 amide bonds. The molecule has 0 N–H and O–H groups in total. The number of hydrogen-bond donors (Lipinski definition) is 0. The molecule has 0 saturated carbocycles. The Bertz CT molecular complexity index is 942. The number of ether oxygens (including phenoxy) is 3. The molecule has 1 unspecified atom stereocenters. The van der Waals surface area contributed by atoms with Crippen LogP contribution < -0.4 is 13.7 Å². The number of alkyl halides is 3. The van der Waals surface area contributed by atoms with E-state index in [1.165, 1.54) is 14.0 Å². The maximum atomic E-state index is 12.8. The number of carbonyl (C=O) groups excluding carboxylic acids is 2. The lowest BCUT2D eigenvalue weighted by atomic mass is 10.1. The van der Waals surface area contributed by atoms with Gasteiger partial charge < -0.3 is 18.4 Å². The van der Waals surface area contributed by atoms with Crippen LogP contribution in [0.5, 0.6) is 17.2 Å². The Morgan fingerprint density at radius 1 is 1.09 bits per heavy atom. The van der Waals surface area contributed by atoms with Crippen LogP contribution in [0.15, 0.2) is 24.8 Å². The van der Waals surface area contributed by atoms with Gasteiger partial charge in [0.1, 0.15) is 22.8 Å². The summed E-state index contributed by atoms with van der Waals surface area (Å²) in [5.74, 6) is -2.49. The van der Waals surface area contributed by atoms with E-state index in [2.05, 4.69) is 10.8 Å². The minimum absolute atomic E-state index is 0.0558. The molecule has 0 bridgehead atoms. The van der Waals surface area contributed by atoms with Gasteiger partial charge in [-0.1, -0.05) is 6.08 Å². The summed E-state index contributed by atoms with van der Waals surface area (Å²) >= 11 is 0. The van der Waals surface area contributed by atoms with E-state index in [4.69, 9.17) is 14.2 Å². The number of benzene rings is 1. The molecule has 186 valence electrons. The molecule has 0 aliphatic carbocycles. The van der Waals surface area contributed by atoms with E-state index in [0.717, 1.165) is 25.7 Å². The number of hydrogen-bond acceptors (Lipinski definition) is 8. The van der Waals surface area contributed by atoms with Gasteiger partial charge in [-0.25, -0.2) is 4.79 Å². The van der Waals surface area contributed by atoms with E-state index < -0.39 is 39.0 Å². The highest BCUT2D eigenvalue weighted by molar-refractivity contribution is 7.88. The third kappa shape index (κ3) is 8.60. The number of carbonyl (C=O) groups is 2. The Morgan fingerprint density at radius 2 is 1.70 bits per heavy atom. The quantitative estimate of drug-likeness (QED) is 0.121. The van der Waals surface area contributed by atoms with E-state index in [1.807, 2.05) is 0 Å². The Balaban J connectivity index is 3.00. The van der Waals surface area contributed by atoms with Crippen LogP contribution in [0.25, 0.3) is 0 Å². The summed E-state index contributed by atoms with van der Waals surface area (Å²) in [7, 11) is -3.79. The van der Waals surface area contributed by atoms with Crippen molar-refractivity contribution in [3.63, 3.8) is 0 Å². The maximum Gasteiger partial charge on any atom is 0.534 e. The average Bonchev–Trinajstić information content (AvgIpc) is 2.71. The van der Waals surface area contributed by atoms with Gasteiger partial charge in [-0.2, -0.15) is 21.6 Å². The van der Waals surface area contributed by atoms with E-state index in [-0.39, 0.29) is 23.7 Å². The third-order valence-corrected chi connectivity index (χ3v) is 5.39. The van der Waals surface area contributed by atoms with Crippen molar-refractivity contribution in [2.24, 2.45) is 0 Å². The van der Waals surface area contributed by atoms with Crippen LogP contribution in [0.2, 0.25) is 0 Å². The molecule has 1 atom stereocenters. The van der Waals surface area contributed by atoms with Gasteiger partial charge in [0.05, 0.1) is 20.3 Å². The zero-order chi connectivity index (χ0) is 25.2. The molecule has 0 aliphatic heterocycles. The number of Topliss-reactive ketones (excluding diaryl/α,β-unsaturated/α-hetero) is 1. The van der Waals surface area contributed by atoms with E-state index >= 15 is 0 Å². The summed E-state index contributed by atoms with van der Waals surface area (Å²) in [6.07, 6.45) is 3.85. The lowest BCUT2D eigenvalue weighted by Crippen LogP contribution is -2.29.